The van der Waals surface area contributed by atoms with Gasteiger partial charge in [0.1, 0.15) is 0 Å². The molecule has 0 aromatic carbocycles. The predicted octanol–water partition coefficient (Wildman–Crippen LogP) is 4.12. The minimum absolute atomic E-state index is 1.37. The van der Waals surface area contributed by atoms with Crippen LogP contribution in [0.1, 0.15) is 59.3 Å². The first kappa shape index (κ1) is 22.6. The van der Waals surface area contributed by atoms with Gasteiger partial charge in [-0.05, 0) is 0 Å². The van der Waals surface area contributed by atoms with E-state index in [1.807, 2.05) is 0 Å². The molecule has 9 radical (unpaired) electrons. The monoisotopic (exact) mass is 531 g/mol. The van der Waals surface area contributed by atoms with Gasteiger partial charge in [-0.1, -0.05) is 0 Å². The quantitative estimate of drug-likeness (QED) is 0.456. The summed E-state index contributed by atoms with van der Waals surface area (Å²) < 4.78 is 4.30. The molecule has 0 bridgehead atoms. The molecule has 0 saturated carbocycles. The summed E-state index contributed by atoms with van der Waals surface area (Å²) in [7, 11) is 0. The molecule has 0 nitrogen and oxygen atoms in total. The molecule has 0 spiro atoms. The summed E-state index contributed by atoms with van der Waals surface area (Å²) in [4.78, 5) is 0. The van der Waals surface area contributed by atoms with Gasteiger partial charge in [0.25, 0.3) is 0 Å². The number of hydrogen-bond donors (Lipinski definition) is 0. The topological polar surface area (TPSA) is 0 Å². The van der Waals surface area contributed by atoms with Gasteiger partial charge in [-0.3, -0.25) is 0 Å². The second kappa shape index (κ2) is 29.9. The summed E-state index contributed by atoms with van der Waals surface area (Å²) in [6.07, 6.45) is 8.39. The maximum absolute atomic E-state index is 2.23. The molecule has 0 N–H and O–H groups in total. The number of hydrogen-bond acceptors (Lipinski definition) is 0. The molecule has 15 heavy (non-hydrogen) atoms. The third-order valence-corrected chi connectivity index (χ3v) is 4.62. The molecule has 87 valence electrons. The summed E-state index contributed by atoms with van der Waals surface area (Å²) in [6.45, 7) is 6.68. The van der Waals surface area contributed by atoms with Crippen molar-refractivity contribution in [1.29, 1.82) is 0 Å². The van der Waals surface area contributed by atoms with Gasteiger partial charge in [0.05, 0.1) is 0 Å². The molecule has 0 amide bonds. The van der Waals surface area contributed by atoms with E-state index in [0.29, 0.717) is 0 Å². The molecule has 0 fully saturated rings. The average Bonchev–Trinajstić information content (AvgIpc) is 2.23. The molecule has 0 aliphatic rings. The van der Waals surface area contributed by atoms with Crippen LogP contribution < -0.4 is 0 Å². The van der Waals surface area contributed by atoms with Gasteiger partial charge in [-0.2, -0.15) is 0 Å². The van der Waals surface area contributed by atoms with Crippen molar-refractivity contribution < 1.29 is 0 Å². The van der Waals surface area contributed by atoms with E-state index in [4.69, 9.17) is 0 Å². The van der Waals surface area contributed by atoms with E-state index in [1.165, 1.54) is 51.8 Å². The molecular weight excluding hydrogens is 500 g/mol. The van der Waals surface area contributed by atoms with Crippen LogP contribution in [-0.4, -0.2) is 67.6 Å². The Morgan fingerprint density at radius 3 is 0.733 bits per heavy atom. The Hall–Kier alpha value is 2.40. The minimum atomic E-state index is 1.37. The summed E-state index contributed by atoms with van der Waals surface area (Å²) in [5.74, 6) is 0. The van der Waals surface area contributed by atoms with Gasteiger partial charge < -0.3 is 0 Å². The van der Waals surface area contributed by atoms with E-state index in [1.54, 1.807) is 67.6 Å². The van der Waals surface area contributed by atoms with Gasteiger partial charge in [0.2, 0.25) is 0 Å². The zero-order valence-electron chi connectivity index (χ0n) is 10.9. The summed E-state index contributed by atoms with van der Waals surface area (Å²) in [5.41, 5.74) is 0. The summed E-state index contributed by atoms with van der Waals surface area (Å²) in [6, 6.07) is 0. The van der Waals surface area contributed by atoms with E-state index in [9.17, 15) is 0 Å². The molecule has 0 heterocycles. The summed E-state index contributed by atoms with van der Waals surface area (Å²) in [5, 5.41) is 0. The Kier molecular flexibility index (Phi) is 45.0. The molecule has 3 heteroatoms. The zero-order chi connectivity index (χ0) is 12.4. The third-order valence-electron chi connectivity index (χ3n) is 1.59. The van der Waals surface area contributed by atoms with Crippen LogP contribution in [0.15, 0.2) is 0 Å². The van der Waals surface area contributed by atoms with Crippen LogP contribution in [0, 0.1) is 0 Å². The molecule has 0 atom stereocenters. The van der Waals surface area contributed by atoms with Crippen molar-refractivity contribution in [3.05, 3.63) is 0 Å². The van der Waals surface area contributed by atoms with Gasteiger partial charge in [0, 0.05) is 0 Å². The zero-order valence-corrected chi connectivity index (χ0v) is 19.4. The first-order chi connectivity index (χ1) is 7.24. The first-order valence-electron chi connectivity index (χ1n) is 6.18. The fourth-order valence-corrected chi connectivity index (χ4v) is 3.56. The molecule has 0 aliphatic carbocycles. The van der Waals surface area contributed by atoms with Gasteiger partial charge in [-0.15, -0.1) is 0 Å². The van der Waals surface area contributed by atoms with Crippen molar-refractivity contribution in [2.24, 2.45) is 0 Å². The van der Waals surface area contributed by atoms with Crippen molar-refractivity contribution in [3.8, 4) is 0 Å². The van der Waals surface area contributed by atoms with Crippen LogP contribution >= 0.6 is 0 Å². The average molecular weight is 527 g/mol. The molecule has 0 aromatic heterocycles. The van der Waals surface area contributed by atoms with Crippen LogP contribution in [0.5, 0.6) is 0 Å². The van der Waals surface area contributed by atoms with Crippen molar-refractivity contribution in [2.75, 3.05) is 0 Å². The molecular formula is C12H27Sn3. The second-order valence-corrected chi connectivity index (χ2v) is 7.59. The molecule has 0 rings (SSSR count). The Morgan fingerprint density at radius 1 is 0.533 bits per heavy atom. The normalized spacial score (nSPS) is 8.40. The van der Waals surface area contributed by atoms with E-state index in [2.05, 4.69) is 20.8 Å². The summed E-state index contributed by atoms with van der Waals surface area (Å²) >= 11 is 5.05. The third kappa shape index (κ3) is 48.2. The van der Waals surface area contributed by atoms with Gasteiger partial charge >= 0.3 is 140 Å². The van der Waals surface area contributed by atoms with Gasteiger partial charge in [-0.25, -0.2) is 0 Å². The molecule has 0 aromatic rings. The van der Waals surface area contributed by atoms with Crippen molar-refractivity contribution in [1.82, 2.24) is 0 Å². The van der Waals surface area contributed by atoms with Crippen LogP contribution in [0.25, 0.3) is 0 Å². The van der Waals surface area contributed by atoms with Crippen LogP contribution in [0.3, 0.4) is 0 Å². The number of unbranched alkanes of at least 4 members (excludes halogenated alkanes) is 3. The van der Waals surface area contributed by atoms with Gasteiger partial charge in [0.15, 0.2) is 0 Å². The van der Waals surface area contributed by atoms with Crippen molar-refractivity contribution in [2.45, 2.75) is 72.6 Å². The fraction of sp³-hybridized carbons (Fsp3) is 1.00. The van der Waals surface area contributed by atoms with Crippen molar-refractivity contribution >= 4 is 67.6 Å². The van der Waals surface area contributed by atoms with Crippen LogP contribution in [0.2, 0.25) is 13.3 Å². The molecule has 0 aliphatic heterocycles. The fourth-order valence-electron chi connectivity index (χ4n) is 0.530. The van der Waals surface area contributed by atoms with E-state index in [0.717, 1.165) is 0 Å². The SMILES string of the molecule is CCC[CH2][Sn].CCC[CH2][Sn].CCC[CH2][Sn]. The Morgan fingerprint density at radius 2 is 0.733 bits per heavy atom. The Bertz CT molecular complexity index is 47.6. The Balaban J connectivity index is -0.000000144. The van der Waals surface area contributed by atoms with E-state index < -0.39 is 0 Å². The Labute approximate surface area is 138 Å². The number of rotatable bonds is 6. The first-order valence-corrected chi connectivity index (χ1v) is 12.2. The second-order valence-electron chi connectivity index (χ2n) is 3.31. The standard InChI is InChI=1S/3C4H9.3Sn/c3*1-3-4-2;;;/h3*1,3-4H2,2H3;;;. The predicted molar refractivity (Wildman–Crippen MR) is 76.4 cm³/mol. The van der Waals surface area contributed by atoms with Crippen LogP contribution in [0.4, 0.5) is 0 Å². The van der Waals surface area contributed by atoms with E-state index in [-0.39, 0.29) is 0 Å². The van der Waals surface area contributed by atoms with Crippen molar-refractivity contribution in [3.63, 3.8) is 0 Å². The van der Waals surface area contributed by atoms with E-state index >= 15 is 0 Å². The van der Waals surface area contributed by atoms with Crippen LogP contribution in [-0.2, 0) is 0 Å². The maximum atomic E-state index is 2.23. The molecule has 0 unspecified atom stereocenters. The molecule has 0 saturated heterocycles.